The lowest BCUT2D eigenvalue weighted by atomic mass is 10.0. The number of guanidine groups is 1. The summed E-state index contributed by atoms with van der Waals surface area (Å²) in [5.74, 6) is 2.98. The van der Waals surface area contributed by atoms with E-state index < -0.39 is 0 Å². The Morgan fingerprint density at radius 2 is 2.19 bits per heavy atom. The standard InChI is InChI=1S/C16H34N4S/c1-4-17-16(19-10-13-21-3)18-9-5-6-11-20-12-7-8-15(2)14-20/h15H,4-14H2,1-3H3,(H2,17,18,19). The molecular formula is C16H34N4S. The van der Waals surface area contributed by atoms with E-state index in [0.29, 0.717) is 0 Å². The Labute approximate surface area is 135 Å². The van der Waals surface area contributed by atoms with Crippen molar-refractivity contribution in [3.05, 3.63) is 0 Å². The van der Waals surface area contributed by atoms with E-state index in [0.717, 1.165) is 37.3 Å². The lowest BCUT2D eigenvalue weighted by Crippen LogP contribution is -2.38. The number of thioether (sulfide) groups is 1. The maximum Gasteiger partial charge on any atom is 0.191 e. The molecule has 0 radical (unpaired) electrons. The number of likely N-dealkylation sites (tertiary alicyclic amines) is 1. The van der Waals surface area contributed by atoms with Crippen LogP contribution in [0.2, 0.25) is 0 Å². The van der Waals surface area contributed by atoms with Crippen molar-refractivity contribution in [3.63, 3.8) is 0 Å². The molecule has 1 unspecified atom stereocenters. The minimum atomic E-state index is 0.887. The summed E-state index contributed by atoms with van der Waals surface area (Å²) >= 11 is 1.86. The molecule has 0 amide bonds. The summed E-state index contributed by atoms with van der Waals surface area (Å²) in [4.78, 5) is 7.27. The molecule has 0 saturated carbocycles. The number of aliphatic imine (C=N–C) groups is 1. The first-order chi connectivity index (χ1) is 10.3. The smallest absolute Gasteiger partial charge is 0.191 e. The first-order valence-corrected chi connectivity index (χ1v) is 9.89. The third kappa shape index (κ3) is 9.25. The van der Waals surface area contributed by atoms with Crippen LogP contribution in [0.1, 0.15) is 39.5 Å². The highest BCUT2D eigenvalue weighted by atomic mass is 32.2. The highest BCUT2D eigenvalue weighted by Crippen LogP contribution is 2.15. The van der Waals surface area contributed by atoms with Gasteiger partial charge < -0.3 is 15.5 Å². The van der Waals surface area contributed by atoms with Gasteiger partial charge in [0.05, 0.1) is 0 Å². The van der Waals surface area contributed by atoms with Gasteiger partial charge in [0.15, 0.2) is 5.96 Å². The first kappa shape index (κ1) is 18.6. The molecule has 1 heterocycles. The quantitative estimate of drug-likeness (QED) is 0.389. The predicted octanol–water partition coefficient (Wildman–Crippen LogP) is 2.42. The second kappa shape index (κ2) is 12.2. The van der Waals surface area contributed by atoms with Crippen molar-refractivity contribution in [3.8, 4) is 0 Å². The summed E-state index contributed by atoms with van der Waals surface area (Å²) in [6.07, 6.45) is 7.37. The number of rotatable bonds is 9. The number of unbranched alkanes of at least 4 members (excludes halogenated alkanes) is 1. The van der Waals surface area contributed by atoms with Crippen LogP contribution in [0.4, 0.5) is 0 Å². The van der Waals surface area contributed by atoms with Crippen molar-refractivity contribution in [2.45, 2.75) is 39.5 Å². The second-order valence-electron chi connectivity index (χ2n) is 5.94. The Morgan fingerprint density at radius 1 is 1.33 bits per heavy atom. The van der Waals surface area contributed by atoms with Crippen molar-refractivity contribution >= 4 is 17.7 Å². The van der Waals surface area contributed by atoms with Crippen LogP contribution in [0.15, 0.2) is 4.99 Å². The van der Waals surface area contributed by atoms with Gasteiger partial charge in [-0.1, -0.05) is 6.92 Å². The summed E-state index contributed by atoms with van der Waals surface area (Å²) in [7, 11) is 0. The van der Waals surface area contributed by atoms with Crippen molar-refractivity contribution in [2.24, 2.45) is 10.9 Å². The molecule has 2 N–H and O–H groups in total. The van der Waals surface area contributed by atoms with E-state index in [1.807, 2.05) is 11.8 Å². The van der Waals surface area contributed by atoms with E-state index >= 15 is 0 Å². The van der Waals surface area contributed by atoms with Crippen LogP contribution in [-0.2, 0) is 0 Å². The SMILES string of the molecule is CCNC(=NCCCCN1CCCC(C)C1)NCCSC. The van der Waals surface area contributed by atoms with Gasteiger partial charge in [-0.05, 0) is 57.9 Å². The van der Waals surface area contributed by atoms with Crippen LogP contribution in [-0.4, -0.2) is 62.1 Å². The molecule has 1 rings (SSSR count). The highest BCUT2D eigenvalue weighted by molar-refractivity contribution is 7.98. The largest absolute Gasteiger partial charge is 0.357 e. The molecule has 1 atom stereocenters. The van der Waals surface area contributed by atoms with E-state index in [-0.39, 0.29) is 0 Å². The highest BCUT2D eigenvalue weighted by Gasteiger charge is 2.15. The monoisotopic (exact) mass is 314 g/mol. The summed E-state index contributed by atoms with van der Waals surface area (Å²) in [6, 6.07) is 0. The van der Waals surface area contributed by atoms with Gasteiger partial charge in [0.25, 0.3) is 0 Å². The molecule has 1 fully saturated rings. The molecule has 0 aliphatic carbocycles. The minimum absolute atomic E-state index is 0.887. The average molecular weight is 315 g/mol. The number of nitrogens with one attached hydrogen (secondary N) is 2. The van der Waals surface area contributed by atoms with Gasteiger partial charge in [-0.15, -0.1) is 0 Å². The van der Waals surface area contributed by atoms with Crippen LogP contribution in [0, 0.1) is 5.92 Å². The molecule has 124 valence electrons. The lowest BCUT2D eigenvalue weighted by molar-refractivity contribution is 0.181. The van der Waals surface area contributed by atoms with Gasteiger partial charge in [0.1, 0.15) is 0 Å². The molecule has 21 heavy (non-hydrogen) atoms. The van der Waals surface area contributed by atoms with Crippen molar-refractivity contribution in [1.29, 1.82) is 0 Å². The van der Waals surface area contributed by atoms with Crippen LogP contribution in [0.25, 0.3) is 0 Å². The van der Waals surface area contributed by atoms with Crippen molar-refractivity contribution < 1.29 is 0 Å². The van der Waals surface area contributed by atoms with Gasteiger partial charge in [0, 0.05) is 31.9 Å². The fourth-order valence-corrected chi connectivity index (χ4v) is 3.05. The fourth-order valence-electron chi connectivity index (χ4n) is 2.74. The summed E-state index contributed by atoms with van der Waals surface area (Å²) in [6.45, 7) is 11.2. The molecule has 0 spiro atoms. The summed E-state index contributed by atoms with van der Waals surface area (Å²) in [5.41, 5.74) is 0. The van der Waals surface area contributed by atoms with E-state index in [2.05, 4.69) is 40.6 Å². The fraction of sp³-hybridized carbons (Fsp3) is 0.938. The van der Waals surface area contributed by atoms with Crippen molar-refractivity contribution in [2.75, 3.05) is 51.3 Å². The number of hydrogen-bond acceptors (Lipinski definition) is 3. The van der Waals surface area contributed by atoms with Crippen LogP contribution < -0.4 is 10.6 Å². The van der Waals surface area contributed by atoms with E-state index in [9.17, 15) is 0 Å². The first-order valence-electron chi connectivity index (χ1n) is 8.49. The predicted molar refractivity (Wildman–Crippen MR) is 96.4 cm³/mol. The van der Waals surface area contributed by atoms with E-state index in [1.165, 1.54) is 45.3 Å². The summed E-state index contributed by atoms with van der Waals surface area (Å²) < 4.78 is 0. The van der Waals surface area contributed by atoms with E-state index in [4.69, 9.17) is 0 Å². The third-order valence-corrected chi connectivity index (χ3v) is 4.45. The van der Waals surface area contributed by atoms with Crippen LogP contribution >= 0.6 is 11.8 Å². The minimum Gasteiger partial charge on any atom is -0.357 e. The van der Waals surface area contributed by atoms with Crippen LogP contribution in [0.3, 0.4) is 0 Å². The average Bonchev–Trinajstić information content (AvgIpc) is 2.47. The molecule has 1 aliphatic rings. The molecule has 0 aromatic rings. The zero-order valence-corrected chi connectivity index (χ0v) is 15.0. The number of nitrogens with zero attached hydrogens (tertiary/aromatic N) is 2. The third-order valence-electron chi connectivity index (χ3n) is 3.84. The zero-order chi connectivity index (χ0) is 15.3. The van der Waals surface area contributed by atoms with Gasteiger partial charge in [-0.3, -0.25) is 4.99 Å². The Morgan fingerprint density at radius 3 is 2.90 bits per heavy atom. The normalized spacial score (nSPS) is 20.5. The second-order valence-corrected chi connectivity index (χ2v) is 6.92. The zero-order valence-electron chi connectivity index (χ0n) is 14.2. The Kier molecular flexibility index (Phi) is 10.8. The van der Waals surface area contributed by atoms with Gasteiger partial charge in [-0.2, -0.15) is 11.8 Å². The van der Waals surface area contributed by atoms with Crippen LogP contribution in [0.5, 0.6) is 0 Å². The molecule has 0 aromatic carbocycles. The van der Waals surface area contributed by atoms with Gasteiger partial charge >= 0.3 is 0 Å². The molecule has 1 aliphatic heterocycles. The van der Waals surface area contributed by atoms with Gasteiger partial charge in [-0.25, -0.2) is 0 Å². The molecular weight excluding hydrogens is 280 g/mol. The number of piperidine rings is 1. The van der Waals surface area contributed by atoms with Gasteiger partial charge in [0.2, 0.25) is 0 Å². The molecule has 4 nitrogen and oxygen atoms in total. The Balaban J connectivity index is 2.12. The van der Waals surface area contributed by atoms with Crippen molar-refractivity contribution in [1.82, 2.24) is 15.5 Å². The molecule has 0 bridgehead atoms. The molecule has 1 saturated heterocycles. The topological polar surface area (TPSA) is 39.7 Å². The Bertz CT molecular complexity index is 283. The lowest BCUT2D eigenvalue weighted by Gasteiger charge is -2.30. The maximum atomic E-state index is 4.65. The molecule has 5 heteroatoms. The number of hydrogen-bond donors (Lipinski definition) is 2. The van der Waals surface area contributed by atoms with E-state index in [1.54, 1.807) is 0 Å². The molecule has 0 aromatic heterocycles. The Hall–Kier alpha value is -0.420. The summed E-state index contributed by atoms with van der Waals surface area (Å²) in [5, 5.41) is 6.68. The maximum absolute atomic E-state index is 4.65.